The van der Waals surface area contributed by atoms with Crippen LogP contribution in [0.3, 0.4) is 0 Å². The molecule has 1 aromatic carbocycles. The molecule has 2 N–H and O–H groups in total. The van der Waals surface area contributed by atoms with Crippen molar-refractivity contribution in [2.24, 2.45) is 0 Å². The molecule has 1 unspecified atom stereocenters. The number of anilines is 1. The second kappa shape index (κ2) is 7.98. The molecule has 8 heteroatoms. The van der Waals surface area contributed by atoms with Gasteiger partial charge in [0.1, 0.15) is 17.8 Å². The Balaban J connectivity index is 1.70. The molecule has 4 rings (SSSR count). The summed E-state index contributed by atoms with van der Waals surface area (Å²) in [5, 5.41) is 11.4. The molecular formula is C19H19BrN6O. The predicted molar refractivity (Wildman–Crippen MR) is 106 cm³/mol. The van der Waals surface area contributed by atoms with Crippen molar-refractivity contribution >= 4 is 27.4 Å². The summed E-state index contributed by atoms with van der Waals surface area (Å²) in [6, 6.07) is 11.4. The topological polar surface area (TPSA) is 86.8 Å². The minimum atomic E-state index is -0.0798. The summed E-state index contributed by atoms with van der Waals surface area (Å²) in [5.41, 5.74) is 2.01. The van der Waals surface area contributed by atoms with Crippen LogP contribution in [0.1, 0.15) is 21.9 Å². The minimum absolute atomic E-state index is 0.0798. The normalized spacial score (nSPS) is 17.1. The molecule has 1 aliphatic heterocycles. The highest BCUT2D eigenvalue weighted by Gasteiger charge is 2.27. The molecule has 1 aliphatic rings. The highest BCUT2D eigenvalue weighted by Crippen LogP contribution is 2.29. The van der Waals surface area contributed by atoms with Crippen molar-refractivity contribution in [2.75, 3.05) is 24.5 Å². The minimum Gasteiger partial charge on any atom is -0.365 e. The zero-order valence-electron chi connectivity index (χ0n) is 14.6. The Bertz CT molecular complexity index is 915. The first kappa shape index (κ1) is 17.8. The van der Waals surface area contributed by atoms with Crippen LogP contribution < -0.4 is 10.2 Å². The molecule has 0 amide bonds. The quantitative estimate of drug-likeness (QED) is 0.608. The summed E-state index contributed by atoms with van der Waals surface area (Å²) >= 11 is 3.50. The van der Waals surface area contributed by atoms with E-state index in [2.05, 4.69) is 46.3 Å². The van der Waals surface area contributed by atoms with Gasteiger partial charge in [0.15, 0.2) is 0 Å². The monoisotopic (exact) mass is 426 g/mol. The molecule has 0 bridgehead atoms. The van der Waals surface area contributed by atoms with Crippen LogP contribution >= 0.6 is 15.9 Å². The summed E-state index contributed by atoms with van der Waals surface area (Å²) in [5.74, 6) is 0.757. The smallest absolute Gasteiger partial charge is 0.213 e. The zero-order chi connectivity index (χ0) is 18.6. The molecule has 138 valence electrons. The lowest BCUT2D eigenvalue weighted by atomic mass is 10.0. The van der Waals surface area contributed by atoms with E-state index in [-0.39, 0.29) is 11.8 Å². The van der Waals surface area contributed by atoms with Crippen LogP contribution in [-0.4, -0.2) is 51.6 Å². The summed E-state index contributed by atoms with van der Waals surface area (Å²) in [7, 11) is 0. The van der Waals surface area contributed by atoms with E-state index >= 15 is 0 Å². The van der Waals surface area contributed by atoms with Crippen molar-refractivity contribution in [1.29, 1.82) is 0 Å². The highest BCUT2D eigenvalue weighted by atomic mass is 79.9. The first-order chi connectivity index (χ1) is 13.2. The number of carbonyl (C=O) groups excluding carboxylic acids is 1. The van der Waals surface area contributed by atoms with Gasteiger partial charge in [-0.2, -0.15) is 0 Å². The number of hydrogen-bond donors (Lipinski definition) is 2. The van der Waals surface area contributed by atoms with Crippen LogP contribution in [0.4, 0.5) is 5.69 Å². The van der Waals surface area contributed by atoms with Gasteiger partial charge in [0.2, 0.25) is 5.78 Å². The van der Waals surface area contributed by atoms with Crippen molar-refractivity contribution in [1.82, 2.24) is 25.5 Å². The average molecular weight is 427 g/mol. The third kappa shape index (κ3) is 3.91. The molecule has 1 fully saturated rings. The SMILES string of the molecule is O=C(c1ccccn1)c1cc(Br)ccc1N1CCNCC1Cc1nnc[nH]1. The standard InChI is InChI=1S/C19H19BrN6O/c20-13-4-5-17(15(9-13)19(27)16-3-1-2-6-22-16)26-8-7-21-11-14(26)10-18-23-12-24-25-18/h1-6,9,12,14,21H,7-8,10-11H2,(H,23,24,25). The van der Waals surface area contributed by atoms with Crippen molar-refractivity contribution in [3.8, 4) is 0 Å². The highest BCUT2D eigenvalue weighted by molar-refractivity contribution is 9.10. The number of pyridine rings is 1. The molecule has 1 saturated heterocycles. The Hall–Kier alpha value is -2.58. The number of nitrogens with one attached hydrogen (secondary N) is 2. The maximum Gasteiger partial charge on any atom is 0.213 e. The second-order valence-corrected chi connectivity index (χ2v) is 7.31. The van der Waals surface area contributed by atoms with Gasteiger partial charge in [0.25, 0.3) is 0 Å². The summed E-state index contributed by atoms with van der Waals surface area (Å²) in [4.78, 5) is 22.7. The number of hydrogen-bond acceptors (Lipinski definition) is 6. The third-order valence-corrected chi connectivity index (χ3v) is 5.15. The van der Waals surface area contributed by atoms with E-state index in [9.17, 15) is 4.79 Å². The summed E-state index contributed by atoms with van der Waals surface area (Å²) < 4.78 is 0.868. The number of rotatable bonds is 5. The number of carbonyl (C=O) groups is 1. The van der Waals surface area contributed by atoms with E-state index in [1.807, 2.05) is 30.3 Å². The summed E-state index contributed by atoms with van der Waals surface area (Å²) in [6.07, 6.45) is 3.95. The van der Waals surface area contributed by atoms with Crippen LogP contribution in [0.15, 0.2) is 53.4 Å². The van der Waals surface area contributed by atoms with Gasteiger partial charge in [-0.05, 0) is 30.3 Å². The van der Waals surface area contributed by atoms with Gasteiger partial charge in [0, 0.05) is 54.0 Å². The Morgan fingerprint density at radius 1 is 1.30 bits per heavy atom. The van der Waals surface area contributed by atoms with E-state index in [1.165, 1.54) is 0 Å². The van der Waals surface area contributed by atoms with Gasteiger partial charge in [-0.3, -0.25) is 9.78 Å². The maximum absolute atomic E-state index is 13.1. The molecule has 0 saturated carbocycles. The van der Waals surface area contributed by atoms with E-state index in [0.29, 0.717) is 11.3 Å². The van der Waals surface area contributed by atoms with Gasteiger partial charge in [-0.15, -0.1) is 10.2 Å². The van der Waals surface area contributed by atoms with E-state index < -0.39 is 0 Å². The molecule has 7 nitrogen and oxygen atoms in total. The first-order valence-electron chi connectivity index (χ1n) is 8.80. The average Bonchev–Trinajstić information content (AvgIpc) is 3.22. The van der Waals surface area contributed by atoms with Gasteiger partial charge in [0.05, 0.1) is 0 Å². The molecule has 0 radical (unpaired) electrons. The molecule has 3 aromatic rings. The summed E-state index contributed by atoms with van der Waals surface area (Å²) in [6.45, 7) is 2.48. The Morgan fingerprint density at radius 2 is 2.22 bits per heavy atom. The number of ketones is 1. The van der Waals surface area contributed by atoms with E-state index in [0.717, 1.165) is 42.0 Å². The molecule has 3 heterocycles. The van der Waals surface area contributed by atoms with Crippen LogP contribution in [-0.2, 0) is 6.42 Å². The fourth-order valence-corrected chi connectivity index (χ4v) is 3.75. The molecule has 2 aromatic heterocycles. The molecule has 1 atom stereocenters. The van der Waals surface area contributed by atoms with Gasteiger partial charge in [-0.1, -0.05) is 22.0 Å². The molecular weight excluding hydrogens is 408 g/mol. The number of H-pyrrole nitrogens is 1. The van der Waals surface area contributed by atoms with E-state index in [1.54, 1.807) is 18.6 Å². The van der Waals surface area contributed by atoms with Gasteiger partial charge < -0.3 is 15.2 Å². The van der Waals surface area contributed by atoms with Crippen LogP contribution in [0.5, 0.6) is 0 Å². The number of aromatic nitrogens is 4. The molecule has 27 heavy (non-hydrogen) atoms. The number of benzene rings is 1. The fraction of sp³-hybridized carbons (Fsp3) is 0.263. The fourth-order valence-electron chi connectivity index (χ4n) is 3.39. The van der Waals surface area contributed by atoms with Crippen LogP contribution in [0, 0.1) is 0 Å². The molecule has 0 aliphatic carbocycles. The van der Waals surface area contributed by atoms with Gasteiger partial charge >= 0.3 is 0 Å². The first-order valence-corrected chi connectivity index (χ1v) is 9.59. The van der Waals surface area contributed by atoms with Crippen molar-refractivity contribution in [2.45, 2.75) is 12.5 Å². The number of halogens is 1. The second-order valence-electron chi connectivity index (χ2n) is 6.40. The third-order valence-electron chi connectivity index (χ3n) is 4.66. The predicted octanol–water partition coefficient (Wildman–Crippen LogP) is 2.21. The lowest BCUT2D eigenvalue weighted by Gasteiger charge is -2.38. The maximum atomic E-state index is 13.1. The number of nitrogens with zero attached hydrogens (tertiary/aromatic N) is 4. The largest absolute Gasteiger partial charge is 0.365 e. The molecule has 0 spiro atoms. The Morgan fingerprint density at radius 3 is 3.00 bits per heavy atom. The number of piperazine rings is 1. The van der Waals surface area contributed by atoms with Crippen molar-refractivity contribution in [3.63, 3.8) is 0 Å². The van der Waals surface area contributed by atoms with Crippen molar-refractivity contribution in [3.05, 3.63) is 70.5 Å². The zero-order valence-corrected chi connectivity index (χ0v) is 16.2. The lowest BCUT2D eigenvalue weighted by molar-refractivity contribution is 0.103. The lowest BCUT2D eigenvalue weighted by Crippen LogP contribution is -2.53. The Kier molecular flexibility index (Phi) is 5.26. The van der Waals surface area contributed by atoms with Crippen LogP contribution in [0.25, 0.3) is 0 Å². The number of aromatic amines is 1. The van der Waals surface area contributed by atoms with Crippen LogP contribution in [0.2, 0.25) is 0 Å². The van der Waals surface area contributed by atoms with Crippen molar-refractivity contribution < 1.29 is 4.79 Å². The van der Waals surface area contributed by atoms with E-state index in [4.69, 9.17) is 0 Å². The van der Waals surface area contributed by atoms with Gasteiger partial charge in [-0.25, -0.2) is 0 Å². The Labute approximate surface area is 165 Å².